The maximum atomic E-state index is 13.0. The molecule has 1 aliphatic heterocycles. The monoisotopic (exact) mass is 416 g/mol. The van der Waals surface area contributed by atoms with Gasteiger partial charge in [0.25, 0.3) is 5.91 Å². The van der Waals surface area contributed by atoms with Gasteiger partial charge in [-0.15, -0.1) is 0 Å². The zero-order valence-corrected chi connectivity index (χ0v) is 18.3. The molecule has 1 aliphatic rings. The molecule has 6 heteroatoms. The van der Waals surface area contributed by atoms with Gasteiger partial charge >= 0.3 is 0 Å². The first-order chi connectivity index (χ1) is 14.9. The molecule has 1 saturated heterocycles. The molecule has 160 valence electrons. The molecule has 6 nitrogen and oxygen atoms in total. The number of amides is 2. The molecule has 31 heavy (non-hydrogen) atoms. The van der Waals surface area contributed by atoms with Crippen LogP contribution in [0.2, 0.25) is 0 Å². The van der Waals surface area contributed by atoms with Crippen LogP contribution in [0.4, 0.5) is 0 Å². The molecule has 0 aliphatic carbocycles. The second kappa shape index (κ2) is 8.76. The molecule has 2 amide bonds. The van der Waals surface area contributed by atoms with E-state index < -0.39 is 0 Å². The first-order valence-electron chi connectivity index (χ1n) is 10.6. The summed E-state index contributed by atoms with van der Waals surface area (Å²) in [5.41, 5.74) is 6.36. The Kier molecular flexibility index (Phi) is 5.89. The number of benzene rings is 2. The maximum Gasteiger partial charge on any atom is 0.272 e. The van der Waals surface area contributed by atoms with Crippen molar-refractivity contribution in [2.75, 3.05) is 19.6 Å². The van der Waals surface area contributed by atoms with Crippen LogP contribution in [0.1, 0.15) is 27.2 Å². The highest BCUT2D eigenvalue weighted by Gasteiger charge is 2.29. The number of hydrogen-bond acceptors (Lipinski definition) is 3. The Morgan fingerprint density at radius 1 is 1.13 bits per heavy atom. The maximum absolute atomic E-state index is 13.0. The number of carbonyl (C=O) groups excluding carboxylic acids is 2. The number of carbonyl (C=O) groups is 2. The van der Waals surface area contributed by atoms with Crippen molar-refractivity contribution < 1.29 is 9.59 Å². The van der Waals surface area contributed by atoms with Crippen LogP contribution in [0.25, 0.3) is 11.1 Å². The Hall–Kier alpha value is -3.41. The van der Waals surface area contributed by atoms with Crippen molar-refractivity contribution in [1.29, 1.82) is 0 Å². The molecule has 0 saturated carbocycles. The van der Waals surface area contributed by atoms with Gasteiger partial charge in [0.05, 0.1) is 5.92 Å². The minimum absolute atomic E-state index is 0.00414. The van der Waals surface area contributed by atoms with Gasteiger partial charge in [0.15, 0.2) is 0 Å². The molecule has 2 heterocycles. The van der Waals surface area contributed by atoms with E-state index in [9.17, 15) is 9.59 Å². The van der Waals surface area contributed by atoms with Gasteiger partial charge in [-0.2, -0.15) is 5.10 Å². The summed E-state index contributed by atoms with van der Waals surface area (Å²) in [6, 6.07) is 16.5. The number of hydrogen-bond donors (Lipinski definition) is 1. The fourth-order valence-corrected chi connectivity index (χ4v) is 4.36. The zero-order valence-electron chi connectivity index (χ0n) is 18.3. The third-order valence-electron chi connectivity index (χ3n) is 5.84. The molecular weight excluding hydrogens is 388 g/mol. The van der Waals surface area contributed by atoms with Crippen LogP contribution in [0.3, 0.4) is 0 Å². The zero-order chi connectivity index (χ0) is 22.0. The van der Waals surface area contributed by atoms with Crippen molar-refractivity contribution in [2.45, 2.75) is 20.3 Å². The van der Waals surface area contributed by atoms with Crippen LogP contribution in [0.15, 0.2) is 54.7 Å². The molecule has 1 fully saturated rings. The average Bonchev–Trinajstić information content (AvgIpc) is 3.08. The SMILES string of the molecule is Cc1cc(C)cc(-c2ccccc2CC2CN(C(=O)c3ccnn3C)CCNC2=O)c1. The Labute approximate surface area is 182 Å². The first kappa shape index (κ1) is 20.8. The molecule has 0 radical (unpaired) electrons. The molecule has 1 atom stereocenters. The van der Waals surface area contributed by atoms with Crippen LogP contribution in [0, 0.1) is 19.8 Å². The average molecular weight is 417 g/mol. The third kappa shape index (κ3) is 4.53. The van der Waals surface area contributed by atoms with Crippen molar-refractivity contribution in [2.24, 2.45) is 13.0 Å². The predicted octanol–water partition coefficient (Wildman–Crippen LogP) is 3.13. The Morgan fingerprint density at radius 2 is 1.87 bits per heavy atom. The molecule has 3 aromatic rings. The Morgan fingerprint density at radius 3 is 2.58 bits per heavy atom. The van der Waals surface area contributed by atoms with Gasteiger partial charge in [0, 0.05) is 32.9 Å². The van der Waals surface area contributed by atoms with E-state index in [0.29, 0.717) is 31.7 Å². The summed E-state index contributed by atoms with van der Waals surface area (Å²) in [5.74, 6) is -0.411. The topological polar surface area (TPSA) is 67.2 Å². The molecule has 1 aromatic heterocycles. The summed E-state index contributed by atoms with van der Waals surface area (Å²) in [6.07, 6.45) is 2.19. The third-order valence-corrected chi connectivity index (χ3v) is 5.84. The molecule has 1 unspecified atom stereocenters. The van der Waals surface area contributed by atoms with Crippen molar-refractivity contribution in [1.82, 2.24) is 20.0 Å². The van der Waals surface area contributed by atoms with Gasteiger partial charge in [-0.25, -0.2) is 0 Å². The molecular formula is C25H28N4O2. The van der Waals surface area contributed by atoms with E-state index >= 15 is 0 Å². The summed E-state index contributed by atoms with van der Waals surface area (Å²) in [7, 11) is 1.76. The molecule has 2 aromatic carbocycles. The van der Waals surface area contributed by atoms with Crippen LogP contribution in [-0.2, 0) is 18.3 Å². The van der Waals surface area contributed by atoms with Crippen LogP contribution in [0.5, 0.6) is 0 Å². The van der Waals surface area contributed by atoms with E-state index in [1.807, 2.05) is 12.1 Å². The number of rotatable bonds is 4. The smallest absolute Gasteiger partial charge is 0.272 e. The number of aromatic nitrogens is 2. The number of aryl methyl sites for hydroxylation is 3. The summed E-state index contributed by atoms with van der Waals surface area (Å²) in [6.45, 7) is 5.53. The minimum Gasteiger partial charge on any atom is -0.354 e. The summed E-state index contributed by atoms with van der Waals surface area (Å²) >= 11 is 0. The van der Waals surface area contributed by atoms with Crippen LogP contribution >= 0.6 is 0 Å². The Bertz CT molecular complexity index is 1100. The van der Waals surface area contributed by atoms with Gasteiger partial charge in [0.1, 0.15) is 5.69 Å². The normalized spacial score (nSPS) is 16.7. The van der Waals surface area contributed by atoms with E-state index in [1.54, 1.807) is 28.9 Å². The van der Waals surface area contributed by atoms with Gasteiger partial charge in [0.2, 0.25) is 5.91 Å². The highest BCUT2D eigenvalue weighted by Crippen LogP contribution is 2.28. The number of nitrogens with zero attached hydrogens (tertiary/aromatic N) is 3. The lowest BCUT2D eigenvalue weighted by Crippen LogP contribution is -2.38. The molecule has 0 spiro atoms. The second-order valence-electron chi connectivity index (χ2n) is 8.32. The van der Waals surface area contributed by atoms with E-state index in [-0.39, 0.29) is 17.7 Å². The van der Waals surface area contributed by atoms with Gasteiger partial charge in [-0.05, 0) is 43.0 Å². The van der Waals surface area contributed by atoms with Crippen molar-refractivity contribution in [3.05, 3.63) is 77.1 Å². The summed E-state index contributed by atoms with van der Waals surface area (Å²) in [5, 5.41) is 7.09. The van der Waals surface area contributed by atoms with Crippen LogP contribution < -0.4 is 5.32 Å². The quantitative estimate of drug-likeness (QED) is 0.711. The van der Waals surface area contributed by atoms with Crippen molar-refractivity contribution in [3.8, 4) is 11.1 Å². The van der Waals surface area contributed by atoms with E-state index in [1.165, 1.54) is 11.1 Å². The highest BCUT2D eigenvalue weighted by molar-refractivity contribution is 5.93. The van der Waals surface area contributed by atoms with E-state index in [0.717, 1.165) is 16.7 Å². The van der Waals surface area contributed by atoms with E-state index in [2.05, 4.69) is 54.6 Å². The van der Waals surface area contributed by atoms with Gasteiger partial charge < -0.3 is 10.2 Å². The Balaban J connectivity index is 1.61. The molecule has 1 N–H and O–H groups in total. The van der Waals surface area contributed by atoms with Crippen molar-refractivity contribution >= 4 is 11.8 Å². The lowest BCUT2D eigenvalue weighted by molar-refractivity contribution is -0.124. The summed E-state index contributed by atoms with van der Waals surface area (Å²) < 4.78 is 1.58. The van der Waals surface area contributed by atoms with Crippen molar-refractivity contribution in [3.63, 3.8) is 0 Å². The van der Waals surface area contributed by atoms with Crippen LogP contribution in [-0.4, -0.2) is 46.1 Å². The predicted molar refractivity (Wildman–Crippen MR) is 121 cm³/mol. The van der Waals surface area contributed by atoms with Gasteiger partial charge in [-0.1, -0.05) is 53.6 Å². The minimum atomic E-state index is -0.313. The fourth-order valence-electron chi connectivity index (χ4n) is 4.36. The molecule has 0 bridgehead atoms. The first-order valence-corrected chi connectivity index (χ1v) is 10.6. The second-order valence-corrected chi connectivity index (χ2v) is 8.32. The standard InChI is InChI=1S/C25H28N4O2/c1-17-12-18(2)14-20(13-17)22-7-5-4-6-19(22)15-21-16-29(11-10-26-24(21)30)25(31)23-8-9-27-28(23)3/h4-9,12-14,21H,10-11,15-16H2,1-3H3,(H,26,30). The number of nitrogens with one attached hydrogen (secondary N) is 1. The van der Waals surface area contributed by atoms with Gasteiger partial charge in [-0.3, -0.25) is 14.3 Å². The summed E-state index contributed by atoms with van der Waals surface area (Å²) in [4.78, 5) is 27.6. The van der Waals surface area contributed by atoms with E-state index in [4.69, 9.17) is 0 Å². The fraction of sp³-hybridized carbons (Fsp3) is 0.320. The molecule has 4 rings (SSSR count). The largest absolute Gasteiger partial charge is 0.354 e. The highest BCUT2D eigenvalue weighted by atomic mass is 16.2. The lowest BCUT2D eigenvalue weighted by Gasteiger charge is -2.24. The lowest BCUT2D eigenvalue weighted by atomic mass is 9.90.